The van der Waals surface area contributed by atoms with Crippen LogP contribution in [-0.2, 0) is 23.4 Å². The van der Waals surface area contributed by atoms with Crippen molar-refractivity contribution >= 4 is 21.6 Å². The first kappa shape index (κ1) is 17.5. The van der Waals surface area contributed by atoms with Crippen molar-refractivity contribution in [1.82, 2.24) is 19.7 Å². The minimum absolute atomic E-state index is 0.219. The largest absolute Gasteiger partial charge is 0.453 e. The highest BCUT2D eigenvalue weighted by Gasteiger charge is 2.23. The molecule has 3 rings (SSSR count). The van der Waals surface area contributed by atoms with Crippen LogP contribution in [0, 0.1) is 5.92 Å². The van der Waals surface area contributed by atoms with Crippen LogP contribution in [0.5, 0.6) is 0 Å². The molecule has 0 amide bonds. The van der Waals surface area contributed by atoms with Gasteiger partial charge in [-0.15, -0.1) is 10.2 Å². The number of hydrogen-bond donors (Lipinski definition) is 0. The lowest BCUT2D eigenvalue weighted by Gasteiger charge is -2.31. The monoisotopic (exact) mass is 370 g/mol. The predicted octanol–water partition coefficient (Wildman–Crippen LogP) is 1.82. The van der Waals surface area contributed by atoms with E-state index in [0.717, 1.165) is 41.9 Å². The Morgan fingerprint density at radius 1 is 1.42 bits per heavy atom. The Morgan fingerprint density at radius 3 is 2.96 bits per heavy atom. The van der Waals surface area contributed by atoms with E-state index in [9.17, 15) is 8.42 Å². The molecule has 24 heavy (non-hydrogen) atoms. The average molecular weight is 371 g/mol. The quantitative estimate of drug-likeness (QED) is 0.767. The van der Waals surface area contributed by atoms with E-state index in [4.69, 9.17) is 4.42 Å². The van der Waals surface area contributed by atoms with Crippen LogP contribution in [0.3, 0.4) is 0 Å². The predicted molar refractivity (Wildman–Crippen MR) is 91.5 cm³/mol. The topological polar surface area (TPSA) is 81.2 Å². The van der Waals surface area contributed by atoms with Crippen LogP contribution in [-0.4, -0.2) is 53.2 Å². The van der Waals surface area contributed by atoms with Gasteiger partial charge in [-0.1, -0.05) is 0 Å². The van der Waals surface area contributed by atoms with Gasteiger partial charge in [-0.2, -0.15) is 0 Å². The Morgan fingerprint density at radius 2 is 2.25 bits per heavy atom. The van der Waals surface area contributed by atoms with Crippen molar-refractivity contribution in [3.63, 3.8) is 0 Å². The molecule has 0 aromatic carbocycles. The molecule has 1 aliphatic rings. The van der Waals surface area contributed by atoms with Gasteiger partial charge < -0.3 is 8.98 Å². The summed E-state index contributed by atoms with van der Waals surface area (Å²) in [6.07, 6.45) is 4.98. The molecule has 1 saturated heterocycles. The summed E-state index contributed by atoms with van der Waals surface area (Å²) in [5.41, 5.74) is 0. The van der Waals surface area contributed by atoms with E-state index in [2.05, 4.69) is 15.1 Å². The molecule has 9 heteroatoms. The fourth-order valence-electron chi connectivity index (χ4n) is 3.03. The normalized spacial score (nSPS) is 19.7. The van der Waals surface area contributed by atoms with Gasteiger partial charge in [0.15, 0.2) is 10.2 Å². The fraction of sp³-hybridized carbons (Fsp3) is 0.600. The number of piperidine rings is 1. The molecule has 1 unspecified atom stereocenters. The Labute approximate surface area is 146 Å². The molecule has 2 aromatic heterocycles. The Hall–Kier alpha value is -1.32. The maximum Gasteiger partial charge on any atom is 0.198 e. The molecule has 1 aliphatic heterocycles. The molecular formula is C15H22N4O3S2. The first-order chi connectivity index (χ1) is 11.4. The van der Waals surface area contributed by atoms with E-state index < -0.39 is 9.84 Å². The molecule has 0 aliphatic carbocycles. The lowest BCUT2D eigenvalue weighted by atomic mass is 10.00. The van der Waals surface area contributed by atoms with Crippen molar-refractivity contribution in [2.75, 3.05) is 25.1 Å². The van der Waals surface area contributed by atoms with E-state index in [1.165, 1.54) is 18.0 Å². The molecule has 0 bridgehead atoms. The number of rotatable bonds is 6. The summed E-state index contributed by atoms with van der Waals surface area (Å²) < 4.78 is 30.7. The number of sulfone groups is 1. The highest BCUT2D eigenvalue weighted by molar-refractivity contribution is 7.99. The number of aromatic nitrogens is 3. The molecule has 2 aromatic rings. The first-order valence-corrected chi connectivity index (χ1v) is 10.8. The number of nitrogens with zero attached hydrogens (tertiary/aromatic N) is 4. The van der Waals surface area contributed by atoms with Crippen LogP contribution in [0.4, 0.5) is 0 Å². The highest BCUT2D eigenvalue weighted by Crippen LogP contribution is 2.28. The minimum atomic E-state index is -2.92. The number of aryl methyl sites for hydroxylation is 1. The SMILES string of the molecule is Cn1cnnc1Sc1ccc(CN2CCCC(CS(C)(=O)=O)C2)o1. The summed E-state index contributed by atoms with van der Waals surface area (Å²) in [7, 11) is -1.03. The van der Waals surface area contributed by atoms with Gasteiger partial charge in [0.25, 0.3) is 0 Å². The van der Waals surface area contributed by atoms with Gasteiger partial charge in [-0.3, -0.25) is 4.90 Å². The molecule has 0 saturated carbocycles. The summed E-state index contributed by atoms with van der Waals surface area (Å²) >= 11 is 1.44. The number of likely N-dealkylation sites (tertiary alicyclic amines) is 1. The van der Waals surface area contributed by atoms with Crippen LogP contribution < -0.4 is 0 Å². The smallest absolute Gasteiger partial charge is 0.198 e. The van der Waals surface area contributed by atoms with Crippen molar-refractivity contribution in [3.8, 4) is 0 Å². The van der Waals surface area contributed by atoms with Crippen molar-refractivity contribution in [3.05, 3.63) is 24.2 Å². The van der Waals surface area contributed by atoms with Gasteiger partial charge in [-0.25, -0.2) is 8.42 Å². The van der Waals surface area contributed by atoms with Crippen LogP contribution >= 0.6 is 11.8 Å². The second kappa shape index (κ2) is 7.28. The third-order valence-corrected chi connectivity index (χ3v) is 6.07. The number of furan rings is 1. The summed E-state index contributed by atoms with van der Waals surface area (Å²) in [6, 6.07) is 3.91. The Bertz CT molecular complexity index is 784. The van der Waals surface area contributed by atoms with E-state index >= 15 is 0 Å². The molecule has 3 heterocycles. The zero-order valence-electron chi connectivity index (χ0n) is 13.9. The van der Waals surface area contributed by atoms with E-state index in [0.29, 0.717) is 6.54 Å². The first-order valence-electron chi connectivity index (χ1n) is 7.90. The molecule has 132 valence electrons. The molecule has 0 spiro atoms. The zero-order valence-corrected chi connectivity index (χ0v) is 15.5. The standard InChI is InChI=1S/C15H22N4O3S2/c1-18-11-16-17-15(18)23-14-6-5-13(22-14)9-19-7-3-4-12(8-19)10-24(2,20)21/h5-6,11-12H,3-4,7-10H2,1-2H3. The van der Waals surface area contributed by atoms with Crippen molar-refractivity contribution in [2.45, 2.75) is 29.6 Å². The Kier molecular flexibility index (Phi) is 5.31. The van der Waals surface area contributed by atoms with E-state index in [1.54, 1.807) is 6.33 Å². The van der Waals surface area contributed by atoms with Crippen LogP contribution in [0.1, 0.15) is 18.6 Å². The van der Waals surface area contributed by atoms with Gasteiger partial charge >= 0.3 is 0 Å². The van der Waals surface area contributed by atoms with Crippen LogP contribution in [0.25, 0.3) is 0 Å². The minimum Gasteiger partial charge on any atom is -0.453 e. The van der Waals surface area contributed by atoms with Gasteiger partial charge in [0, 0.05) is 19.8 Å². The molecule has 7 nitrogen and oxygen atoms in total. The lowest BCUT2D eigenvalue weighted by molar-refractivity contribution is 0.164. The van der Waals surface area contributed by atoms with Gasteiger partial charge in [0.2, 0.25) is 0 Å². The molecule has 0 radical (unpaired) electrons. The highest BCUT2D eigenvalue weighted by atomic mass is 32.2. The maximum absolute atomic E-state index is 11.5. The van der Waals surface area contributed by atoms with Crippen molar-refractivity contribution < 1.29 is 12.8 Å². The van der Waals surface area contributed by atoms with Crippen LogP contribution in [0.2, 0.25) is 0 Å². The molecule has 1 fully saturated rings. The molecular weight excluding hydrogens is 348 g/mol. The molecule has 1 atom stereocenters. The summed E-state index contributed by atoms with van der Waals surface area (Å²) in [4.78, 5) is 2.27. The maximum atomic E-state index is 11.5. The second-order valence-corrected chi connectivity index (χ2v) is 9.54. The Balaban J connectivity index is 1.57. The average Bonchev–Trinajstić information content (AvgIpc) is 3.08. The second-order valence-electron chi connectivity index (χ2n) is 6.38. The van der Waals surface area contributed by atoms with Crippen LogP contribution in [0.15, 0.2) is 33.1 Å². The van der Waals surface area contributed by atoms with E-state index in [1.807, 2.05) is 23.7 Å². The van der Waals surface area contributed by atoms with Crippen molar-refractivity contribution in [2.24, 2.45) is 13.0 Å². The lowest BCUT2D eigenvalue weighted by Crippen LogP contribution is -2.37. The van der Waals surface area contributed by atoms with Crippen molar-refractivity contribution in [1.29, 1.82) is 0 Å². The van der Waals surface area contributed by atoms with Gasteiger partial charge in [0.1, 0.15) is 21.9 Å². The summed E-state index contributed by atoms with van der Waals surface area (Å²) in [5, 5.41) is 9.44. The summed E-state index contributed by atoms with van der Waals surface area (Å²) in [5.74, 6) is 1.38. The summed E-state index contributed by atoms with van der Waals surface area (Å²) in [6.45, 7) is 2.49. The number of hydrogen-bond acceptors (Lipinski definition) is 7. The third-order valence-electron chi connectivity index (χ3n) is 4.02. The van der Waals surface area contributed by atoms with Gasteiger partial charge in [-0.05, 0) is 49.2 Å². The fourth-order valence-corrected chi connectivity index (χ4v) is 4.90. The molecule has 0 N–H and O–H groups in total. The van der Waals surface area contributed by atoms with E-state index in [-0.39, 0.29) is 11.7 Å². The van der Waals surface area contributed by atoms with Gasteiger partial charge in [0.05, 0.1) is 12.3 Å². The zero-order chi connectivity index (χ0) is 17.2. The third kappa shape index (κ3) is 4.84.